The highest BCUT2D eigenvalue weighted by Gasteiger charge is 2.29. The number of nitriles is 1. The number of fused-ring (bicyclic) bond motifs is 3. The van der Waals surface area contributed by atoms with Gasteiger partial charge in [-0.15, -0.1) is 0 Å². The van der Waals surface area contributed by atoms with Gasteiger partial charge in [-0.1, -0.05) is 54.6 Å². The first kappa shape index (κ1) is 18.7. The molecule has 30 heavy (non-hydrogen) atoms. The summed E-state index contributed by atoms with van der Waals surface area (Å²) in [6, 6.07) is 21.3. The lowest BCUT2D eigenvalue weighted by Gasteiger charge is -2.38. The predicted octanol–water partition coefficient (Wildman–Crippen LogP) is 3.62. The van der Waals surface area contributed by atoms with Gasteiger partial charge in [0.15, 0.2) is 0 Å². The number of piperazine rings is 1. The van der Waals surface area contributed by atoms with Crippen molar-refractivity contribution in [2.24, 2.45) is 0 Å². The molecule has 5 nitrogen and oxygen atoms in total. The number of pyridine rings is 1. The normalized spacial score (nSPS) is 15.9. The van der Waals surface area contributed by atoms with E-state index in [4.69, 9.17) is 5.73 Å². The van der Waals surface area contributed by atoms with Gasteiger partial charge in [-0.05, 0) is 24.0 Å². The molecule has 0 unspecified atom stereocenters. The van der Waals surface area contributed by atoms with Crippen LogP contribution in [0.25, 0.3) is 11.3 Å². The third kappa shape index (κ3) is 3.30. The molecule has 0 spiro atoms. The quantitative estimate of drug-likeness (QED) is 0.733. The van der Waals surface area contributed by atoms with Crippen molar-refractivity contribution in [3.8, 4) is 17.3 Å². The minimum atomic E-state index is 0.342. The second kappa shape index (κ2) is 7.81. The third-order valence-corrected chi connectivity index (χ3v) is 6.26. The van der Waals surface area contributed by atoms with Gasteiger partial charge in [0, 0.05) is 43.9 Å². The molecule has 150 valence electrons. The molecule has 2 heterocycles. The molecule has 1 fully saturated rings. The van der Waals surface area contributed by atoms with E-state index in [1.807, 2.05) is 6.07 Å². The molecular formula is C25H25N5. The van der Waals surface area contributed by atoms with Crippen LogP contribution >= 0.6 is 0 Å². The molecule has 3 aromatic rings. The van der Waals surface area contributed by atoms with Gasteiger partial charge in [0.05, 0.1) is 11.4 Å². The Morgan fingerprint density at radius 2 is 1.67 bits per heavy atom. The van der Waals surface area contributed by atoms with E-state index in [0.29, 0.717) is 11.4 Å². The van der Waals surface area contributed by atoms with E-state index >= 15 is 0 Å². The summed E-state index contributed by atoms with van der Waals surface area (Å²) in [6.45, 7) is 4.67. The third-order valence-electron chi connectivity index (χ3n) is 6.26. The summed E-state index contributed by atoms with van der Waals surface area (Å²) in [5.41, 5.74) is 13.7. The fourth-order valence-electron chi connectivity index (χ4n) is 4.75. The van der Waals surface area contributed by atoms with Crippen molar-refractivity contribution in [2.45, 2.75) is 19.4 Å². The van der Waals surface area contributed by atoms with Gasteiger partial charge in [-0.3, -0.25) is 4.90 Å². The van der Waals surface area contributed by atoms with E-state index in [2.05, 4.69) is 69.4 Å². The Hall–Kier alpha value is -3.36. The van der Waals surface area contributed by atoms with Crippen LogP contribution in [0, 0.1) is 11.3 Å². The highest BCUT2D eigenvalue weighted by molar-refractivity contribution is 5.82. The fraction of sp³-hybridized carbons (Fsp3) is 0.280. The van der Waals surface area contributed by atoms with Gasteiger partial charge in [-0.25, -0.2) is 4.98 Å². The fourth-order valence-corrected chi connectivity index (χ4v) is 4.75. The van der Waals surface area contributed by atoms with E-state index < -0.39 is 0 Å². The molecule has 2 aromatic carbocycles. The number of anilines is 2. The molecule has 1 aliphatic heterocycles. The number of nitrogens with two attached hydrogens (primary N) is 1. The highest BCUT2D eigenvalue weighted by Crippen LogP contribution is 2.41. The largest absolute Gasteiger partial charge is 0.383 e. The Balaban J connectivity index is 1.45. The maximum absolute atomic E-state index is 9.87. The minimum Gasteiger partial charge on any atom is -0.383 e. The van der Waals surface area contributed by atoms with Crippen LogP contribution < -0.4 is 10.6 Å². The standard InChI is InChI=1S/C25H25N5/c26-16-22-24(30-14-12-29(13-15-30)17-18-6-2-1-3-7-18)21-11-10-19-8-4-5-9-20(19)23(21)28-25(22)27/h1-9H,10-15,17H2,(H2,27,28). The first-order chi connectivity index (χ1) is 14.7. The maximum atomic E-state index is 9.87. The molecule has 2 aliphatic rings. The lowest BCUT2D eigenvalue weighted by atomic mass is 9.86. The molecule has 1 saturated heterocycles. The number of benzene rings is 2. The van der Waals surface area contributed by atoms with E-state index in [1.165, 1.54) is 16.7 Å². The number of aryl methyl sites for hydroxylation is 1. The minimum absolute atomic E-state index is 0.342. The van der Waals surface area contributed by atoms with Crippen molar-refractivity contribution in [3.63, 3.8) is 0 Å². The van der Waals surface area contributed by atoms with Crippen molar-refractivity contribution >= 4 is 11.5 Å². The van der Waals surface area contributed by atoms with Gasteiger partial charge in [0.1, 0.15) is 17.5 Å². The summed E-state index contributed by atoms with van der Waals surface area (Å²) in [5, 5.41) is 9.87. The van der Waals surface area contributed by atoms with Crippen LogP contribution in [0.5, 0.6) is 0 Å². The highest BCUT2D eigenvalue weighted by atomic mass is 15.3. The summed E-state index contributed by atoms with van der Waals surface area (Å²) < 4.78 is 0. The molecule has 1 aliphatic carbocycles. The number of hydrogen-bond acceptors (Lipinski definition) is 5. The molecule has 1 aromatic heterocycles. The zero-order valence-corrected chi connectivity index (χ0v) is 17.0. The Bertz CT molecular complexity index is 1110. The average Bonchev–Trinajstić information content (AvgIpc) is 2.79. The number of nitrogen functional groups attached to an aromatic ring is 1. The zero-order chi connectivity index (χ0) is 20.5. The molecule has 0 saturated carbocycles. The van der Waals surface area contributed by atoms with Crippen LogP contribution in [0.15, 0.2) is 54.6 Å². The summed E-state index contributed by atoms with van der Waals surface area (Å²) >= 11 is 0. The Morgan fingerprint density at radius 1 is 0.933 bits per heavy atom. The van der Waals surface area contributed by atoms with Crippen LogP contribution in [0.4, 0.5) is 11.5 Å². The SMILES string of the molecule is N#Cc1c(N)nc2c(c1N1CCN(Cc3ccccc3)CC1)CCc1ccccc1-2. The maximum Gasteiger partial charge on any atom is 0.144 e. The van der Waals surface area contributed by atoms with E-state index in [1.54, 1.807) is 0 Å². The van der Waals surface area contributed by atoms with Gasteiger partial charge in [0.25, 0.3) is 0 Å². The molecule has 2 N–H and O–H groups in total. The van der Waals surface area contributed by atoms with Gasteiger partial charge in [0.2, 0.25) is 0 Å². The second-order valence-electron chi connectivity index (χ2n) is 8.07. The molecule has 5 heteroatoms. The number of aromatic nitrogens is 1. The van der Waals surface area contributed by atoms with Crippen LogP contribution in [0.1, 0.15) is 22.3 Å². The summed E-state index contributed by atoms with van der Waals surface area (Å²) in [7, 11) is 0. The van der Waals surface area contributed by atoms with E-state index in [0.717, 1.165) is 62.5 Å². The van der Waals surface area contributed by atoms with Crippen LogP contribution in [-0.2, 0) is 19.4 Å². The average molecular weight is 396 g/mol. The number of nitrogens with zero attached hydrogens (tertiary/aromatic N) is 4. The number of rotatable bonds is 3. The lowest BCUT2D eigenvalue weighted by molar-refractivity contribution is 0.249. The van der Waals surface area contributed by atoms with Crippen molar-refractivity contribution < 1.29 is 0 Å². The molecule has 0 amide bonds. The van der Waals surface area contributed by atoms with Crippen molar-refractivity contribution in [2.75, 3.05) is 36.8 Å². The molecule has 5 rings (SSSR count). The van der Waals surface area contributed by atoms with Crippen LogP contribution in [-0.4, -0.2) is 36.1 Å². The lowest BCUT2D eigenvalue weighted by Crippen LogP contribution is -2.46. The molecule has 0 atom stereocenters. The first-order valence-corrected chi connectivity index (χ1v) is 10.6. The van der Waals surface area contributed by atoms with Crippen LogP contribution in [0.2, 0.25) is 0 Å². The topological polar surface area (TPSA) is 69.2 Å². The smallest absolute Gasteiger partial charge is 0.144 e. The van der Waals surface area contributed by atoms with Crippen molar-refractivity contribution in [3.05, 3.63) is 76.9 Å². The van der Waals surface area contributed by atoms with Crippen LogP contribution in [0.3, 0.4) is 0 Å². The zero-order valence-electron chi connectivity index (χ0n) is 17.0. The second-order valence-corrected chi connectivity index (χ2v) is 8.07. The van der Waals surface area contributed by atoms with Gasteiger partial charge in [-0.2, -0.15) is 5.26 Å². The summed E-state index contributed by atoms with van der Waals surface area (Å²) in [4.78, 5) is 9.50. The van der Waals surface area contributed by atoms with Gasteiger partial charge >= 0.3 is 0 Å². The van der Waals surface area contributed by atoms with Crippen molar-refractivity contribution in [1.29, 1.82) is 5.26 Å². The van der Waals surface area contributed by atoms with E-state index in [-0.39, 0.29) is 0 Å². The number of hydrogen-bond donors (Lipinski definition) is 1. The first-order valence-electron chi connectivity index (χ1n) is 10.6. The van der Waals surface area contributed by atoms with Gasteiger partial charge < -0.3 is 10.6 Å². The summed E-state index contributed by atoms with van der Waals surface area (Å²) in [6.07, 6.45) is 1.87. The molecule has 0 radical (unpaired) electrons. The Morgan fingerprint density at radius 3 is 2.43 bits per heavy atom. The molecular weight excluding hydrogens is 370 g/mol. The summed E-state index contributed by atoms with van der Waals surface area (Å²) in [5.74, 6) is 0.342. The monoisotopic (exact) mass is 395 g/mol. The molecule has 0 bridgehead atoms. The Labute approximate surface area is 177 Å². The van der Waals surface area contributed by atoms with E-state index in [9.17, 15) is 5.26 Å². The predicted molar refractivity (Wildman–Crippen MR) is 120 cm³/mol. The van der Waals surface area contributed by atoms with Crippen molar-refractivity contribution in [1.82, 2.24) is 9.88 Å². The Kier molecular flexibility index (Phi) is 4.86.